The van der Waals surface area contributed by atoms with Crippen LogP contribution < -0.4 is 5.32 Å². The minimum Gasteiger partial charge on any atom is -0.318 e. The first-order chi connectivity index (χ1) is 8.87. The summed E-state index contributed by atoms with van der Waals surface area (Å²) in [5, 5.41) is 10.7. The summed E-state index contributed by atoms with van der Waals surface area (Å²) in [6, 6.07) is 0. The van der Waals surface area contributed by atoms with Crippen LogP contribution in [0.1, 0.15) is 18.6 Å². The average molecular weight is 279 g/mol. The zero-order chi connectivity index (χ0) is 14.5. The molecule has 0 atom stereocenters. The predicted octanol–water partition coefficient (Wildman–Crippen LogP) is 1.19. The van der Waals surface area contributed by atoms with Crippen LogP contribution >= 0.6 is 0 Å². The van der Waals surface area contributed by atoms with Crippen molar-refractivity contribution in [1.29, 1.82) is 0 Å². The predicted molar refractivity (Wildman–Crippen MR) is 65.7 cm³/mol. The van der Waals surface area contributed by atoms with Gasteiger partial charge in [0.1, 0.15) is 11.6 Å². The second-order valence-electron chi connectivity index (χ2n) is 4.34. The fraction of sp³-hybridized carbons (Fsp3) is 0.818. The number of alkyl halides is 3. The minimum atomic E-state index is -4.21. The van der Waals surface area contributed by atoms with Gasteiger partial charge < -0.3 is 9.88 Å². The lowest BCUT2D eigenvalue weighted by Gasteiger charge is -2.23. The number of halogens is 3. The summed E-state index contributed by atoms with van der Waals surface area (Å²) in [5.41, 5.74) is 0. The molecule has 0 saturated heterocycles. The molecule has 19 heavy (non-hydrogen) atoms. The van der Waals surface area contributed by atoms with E-state index in [4.69, 9.17) is 0 Å². The van der Waals surface area contributed by atoms with Gasteiger partial charge in [0, 0.05) is 19.6 Å². The van der Waals surface area contributed by atoms with Crippen molar-refractivity contribution in [1.82, 2.24) is 25.0 Å². The lowest BCUT2D eigenvalue weighted by Crippen LogP contribution is -2.38. The largest absolute Gasteiger partial charge is 0.401 e. The van der Waals surface area contributed by atoms with Gasteiger partial charge in [-0.3, -0.25) is 4.90 Å². The smallest absolute Gasteiger partial charge is 0.318 e. The van der Waals surface area contributed by atoms with Crippen LogP contribution in [0.25, 0.3) is 0 Å². The van der Waals surface area contributed by atoms with E-state index >= 15 is 0 Å². The highest BCUT2D eigenvalue weighted by molar-refractivity contribution is 4.94. The first kappa shape index (κ1) is 15.9. The van der Waals surface area contributed by atoms with E-state index < -0.39 is 12.7 Å². The molecule has 0 spiro atoms. The van der Waals surface area contributed by atoms with Gasteiger partial charge in [-0.05, 0) is 20.9 Å². The summed E-state index contributed by atoms with van der Waals surface area (Å²) in [4.78, 5) is 1.33. The Balaban J connectivity index is 2.75. The van der Waals surface area contributed by atoms with Crippen molar-refractivity contribution in [3.8, 4) is 0 Å². The van der Waals surface area contributed by atoms with E-state index in [0.29, 0.717) is 25.5 Å². The third-order valence-electron chi connectivity index (χ3n) is 2.77. The number of likely N-dealkylation sites (N-methyl/N-ethyl adjacent to an activating group) is 1. The summed E-state index contributed by atoms with van der Waals surface area (Å²) in [5.74, 6) is 1.29. The Labute approximate surface area is 110 Å². The van der Waals surface area contributed by atoms with Crippen molar-refractivity contribution in [3.05, 3.63) is 11.6 Å². The Kier molecular flexibility index (Phi) is 5.74. The van der Waals surface area contributed by atoms with Gasteiger partial charge in [0.15, 0.2) is 0 Å². The number of rotatable bonds is 7. The molecule has 8 heteroatoms. The highest BCUT2D eigenvalue weighted by Gasteiger charge is 2.31. The number of nitrogens with one attached hydrogen (secondary N) is 1. The third kappa shape index (κ3) is 5.15. The van der Waals surface area contributed by atoms with Gasteiger partial charge in [0.05, 0.1) is 13.1 Å². The van der Waals surface area contributed by atoms with Crippen LogP contribution in [0.5, 0.6) is 0 Å². The molecular weight excluding hydrogens is 259 g/mol. The van der Waals surface area contributed by atoms with Gasteiger partial charge in [0.2, 0.25) is 0 Å². The van der Waals surface area contributed by atoms with E-state index in [-0.39, 0.29) is 6.54 Å². The molecule has 1 rings (SSSR count). The zero-order valence-corrected chi connectivity index (χ0v) is 11.5. The molecule has 0 radical (unpaired) electrons. The molecule has 110 valence electrons. The molecule has 0 unspecified atom stereocenters. The van der Waals surface area contributed by atoms with E-state index in [0.717, 1.165) is 5.82 Å². The normalized spacial score (nSPS) is 12.4. The van der Waals surface area contributed by atoms with Gasteiger partial charge in [0.25, 0.3) is 0 Å². The van der Waals surface area contributed by atoms with Crippen molar-refractivity contribution in [2.75, 3.05) is 26.7 Å². The lowest BCUT2D eigenvalue weighted by atomic mass is 10.4. The molecule has 0 amide bonds. The van der Waals surface area contributed by atoms with Crippen LogP contribution in [0.15, 0.2) is 0 Å². The molecule has 0 aromatic carbocycles. The summed E-state index contributed by atoms with van der Waals surface area (Å²) in [7, 11) is 1.71. The second kappa shape index (κ2) is 6.85. The highest BCUT2D eigenvalue weighted by atomic mass is 19.4. The molecule has 0 aliphatic heterocycles. The Bertz CT molecular complexity index is 388. The maximum atomic E-state index is 12.5. The monoisotopic (exact) mass is 279 g/mol. The van der Waals surface area contributed by atoms with Gasteiger partial charge in [-0.15, -0.1) is 10.2 Å². The van der Waals surface area contributed by atoms with E-state index in [1.165, 1.54) is 4.90 Å². The van der Waals surface area contributed by atoms with E-state index in [1.807, 2.05) is 11.5 Å². The fourth-order valence-electron chi connectivity index (χ4n) is 1.89. The molecule has 1 aromatic heterocycles. The standard InChI is InChI=1S/C11H20F3N5/c1-4-19-9(2)16-17-10(19)7-18(6-5-15-3)8-11(12,13)14/h15H,4-8H2,1-3H3. The molecule has 1 aromatic rings. The molecule has 0 saturated carbocycles. The topological polar surface area (TPSA) is 46.0 Å². The summed E-state index contributed by atoms with van der Waals surface area (Å²) in [6.07, 6.45) is -4.21. The molecule has 5 nitrogen and oxygen atoms in total. The number of aryl methyl sites for hydroxylation is 1. The maximum absolute atomic E-state index is 12.5. The Morgan fingerprint density at radius 3 is 2.53 bits per heavy atom. The molecule has 0 aliphatic carbocycles. The van der Waals surface area contributed by atoms with Crippen molar-refractivity contribution in [2.45, 2.75) is 33.1 Å². The van der Waals surface area contributed by atoms with Crippen LogP contribution in [0, 0.1) is 6.92 Å². The van der Waals surface area contributed by atoms with Crippen LogP contribution in [0.2, 0.25) is 0 Å². The summed E-state index contributed by atoms with van der Waals surface area (Å²) >= 11 is 0. The summed E-state index contributed by atoms with van der Waals surface area (Å²) in [6.45, 7) is 4.38. The number of nitrogens with zero attached hydrogens (tertiary/aromatic N) is 4. The number of aromatic nitrogens is 3. The Morgan fingerprint density at radius 1 is 1.32 bits per heavy atom. The Hall–Kier alpha value is -1.15. The van der Waals surface area contributed by atoms with Crippen molar-refractivity contribution in [2.24, 2.45) is 0 Å². The van der Waals surface area contributed by atoms with Crippen molar-refractivity contribution >= 4 is 0 Å². The van der Waals surface area contributed by atoms with E-state index in [9.17, 15) is 13.2 Å². The lowest BCUT2D eigenvalue weighted by molar-refractivity contribution is -0.147. The fourth-order valence-corrected chi connectivity index (χ4v) is 1.89. The first-order valence-electron chi connectivity index (χ1n) is 6.19. The first-order valence-corrected chi connectivity index (χ1v) is 6.19. The Morgan fingerprint density at radius 2 is 2.00 bits per heavy atom. The average Bonchev–Trinajstić information content (AvgIpc) is 2.65. The molecule has 0 fully saturated rings. The van der Waals surface area contributed by atoms with Gasteiger partial charge in [-0.1, -0.05) is 0 Å². The maximum Gasteiger partial charge on any atom is 0.401 e. The number of hydrogen-bond donors (Lipinski definition) is 1. The quantitative estimate of drug-likeness (QED) is 0.814. The van der Waals surface area contributed by atoms with Gasteiger partial charge >= 0.3 is 6.18 Å². The molecule has 0 aliphatic rings. The minimum absolute atomic E-state index is 0.149. The third-order valence-corrected chi connectivity index (χ3v) is 2.77. The summed E-state index contributed by atoms with van der Waals surface area (Å²) < 4.78 is 39.4. The SMILES string of the molecule is CCn1c(C)nnc1CN(CCNC)CC(F)(F)F. The van der Waals surface area contributed by atoms with Crippen LogP contribution in [0.3, 0.4) is 0 Å². The molecular formula is C11H20F3N5. The van der Waals surface area contributed by atoms with Gasteiger partial charge in [-0.2, -0.15) is 13.2 Å². The van der Waals surface area contributed by atoms with Crippen LogP contribution in [-0.4, -0.2) is 52.5 Å². The van der Waals surface area contributed by atoms with Crippen LogP contribution in [-0.2, 0) is 13.1 Å². The van der Waals surface area contributed by atoms with E-state index in [1.54, 1.807) is 14.0 Å². The van der Waals surface area contributed by atoms with Crippen molar-refractivity contribution < 1.29 is 13.2 Å². The highest BCUT2D eigenvalue weighted by Crippen LogP contribution is 2.17. The molecule has 1 N–H and O–H groups in total. The van der Waals surface area contributed by atoms with Gasteiger partial charge in [-0.25, -0.2) is 0 Å². The second-order valence-corrected chi connectivity index (χ2v) is 4.34. The zero-order valence-electron chi connectivity index (χ0n) is 11.5. The van der Waals surface area contributed by atoms with Crippen molar-refractivity contribution in [3.63, 3.8) is 0 Å². The number of hydrogen-bond acceptors (Lipinski definition) is 4. The van der Waals surface area contributed by atoms with E-state index in [2.05, 4.69) is 15.5 Å². The molecule has 1 heterocycles. The van der Waals surface area contributed by atoms with Crippen LogP contribution in [0.4, 0.5) is 13.2 Å². The molecule has 0 bridgehead atoms.